The van der Waals surface area contributed by atoms with Gasteiger partial charge in [0.05, 0.1) is 19.8 Å². The van der Waals surface area contributed by atoms with E-state index in [1.807, 2.05) is 13.8 Å². The fourth-order valence-electron chi connectivity index (χ4n) is 2.14. The first-order valence-corrected chi connectivity index (χ1v) is 9.38. The molecule has 0 heterocycles. The summed E-state index contributed by atoms with van der Waals surface area (Å²) >= 11 is 0. The highest BCUT2D eigenvalue weighted by Crippen LogP contribution is 2.02. The van der Waals surface area contributed by atoms with Gasteiger partial charge in [-0.05, 0) is 18.8 Å². The summed E-state index contributed by atoms with van der Waals surface area (Å²) in [5.41, 5.74) is 0. The largest absolute Gasteiger partial charge is 0.379 e. The van der Waals surface area contributed by atoms with E-state index in [1.165, 1.54) is 0 Å². The summed E-state index contributed by atoms with van der Waals surface area (Å²) in [5, 5.41) is 2.95. The predicted octanol–water partition coefficient (Wildman–Crippen LogP) is 3.36. The minimum Gasteiger partial charge on any atom is -0.379 e. The molecule has 5 nitrogen and oxygen atoms in total. The van der Waals surface area contributed by atoms with Crippen LogP contribution >= 0.6 is 0 Å². The normalized spacial score (nSPS) is 11.2. The highest BCUT2D eigenvalue weighted by Gasteiger charge is 2.06. The highest BCUT2D eigenvalue weighted by molar-refractivity contribution is 5.80. The van der Waals surface area contributed by atoms with Crippen LogP contribution in [0.15, 0.2) is 0 Å². The Kier molecular flexibility index (Phi) is 15.0. The summed E-state index contributed by atoms with van der Waals surface area (Å²) in [5.74, 6) is 0.912. The molecule has 0 spiro atoms. The second-order valence-electron chi connectivity index (χ2n) is 6.96. The number of carbonyl (C=O) groups is 2. The van der Waals surface area contributed by atoms with Gasteiger partial charge in [-0.2, -0.15) is 0 Å². The van der Waals surface area contributed by atoms with Crippen molar-refractivity contribution in [1.82, 2.24) is 5.32 Å². The molecular weight excluding hydrogens is 306 g/mol. The van der Waals surface area contributed by atoms with E-state index >= 15 is 0 Å². The van der Waals surface area contributed by atoms with Gasteiger partial charge in [0.2, 0.25) is 5.91 Å². The number of hydrogen-bond donors (Lipinski definition) is 1. The highest BCUT2D eigenvalue weighted by atomic mass is 16.5. The SMILES string of the molecule is CC(C)CC(=O)NCCCCCCOCCOCCC(=O)C(C)C. The molecule has 0 rings (SSSR count). The van der Waals surface area contributed by atoms with E-state index in [4.69, 9.17) is 9.47 Å². The first-order valence-electron chi connectivity index (χ1n) is 9.38. The van der Waals surface area contributed by atoms with Crippen molar-refractivity contribution >= 4 is 11.7 Å². The van der Waals surface area contributed by atoms with Crippen molar-refractivity contribution in [2.75, 3.05) is 33.0 Å². The van der Waals surface area contributed by atoms with E-state index in [-0.39, 0.29) is 17.6 Å². The van der Waals surface area contributed by atoms with E-state index < -0.39 is 0 Å². The van der Waals surface area contributed by atoms with Crippen LogP contribution in [0.25, 0.3) is 0 Å². The molecule has 0 aromatic rings. The number of Topliss-reactive ketones (excluding diaryl/α,β-unsaturated/α-hetero) is 1. The van der Waals surface area contributed by atoms with Gasteiger partial charge in [0.25, 0.3) is 0 Å². The third-order valence-corrected chi connectivity index (χ3v) is 3.64. The monoisotopic (exact) mass is 343 g/mol. The Morgan fingerprint density at radius 1 is 0.833 bits per heavy atom. The van der Waals surface area contributed by atoms with Gasteiger partial charge in [-0.15, -0.1) is 0 Å². The second kappa shape index (κ2) is 15.6. The van der Waals surface area contributed by atoms with Crippen LogP contribution < -0.4 is 5.32 Å². The molecule has 0 fully saturated rings. The molecule has 0 aromatic carbocycles. The van der Waals surface area contributed by atoms with Gasteiger partial charge in [0.15, 0.2) is 0 Å². The van der Waals surface area contributed by atoms with Crippen LogP contribution in [-0.4, -0.2) is 44.7 Å². The fraction of sp³-hybridized carbons (Fsp3) is 0.895. The molecule has 1 amide bonds. The van der Waals surface area contributed by atoms with Crippen molar-refractivity contribution in [3.05, 3.63) is 0 Å². The lowest BCUT2D eigenvalue weighted by Crippen LogP contribution is -2.25. The number of ether oxygens (including phenoxy) is 2. The molecule has 0 aliphatic heterocycles. The molecule has 0 bridgehead atoms. The topological polar surface area (TPSA) is 64.6 Å². The van der Waals surface area contributed by atoms with E-state index in [0.717, 1.165) is 38.8 Å². The quantitative estimate of drug-likeness (QED) is 0.437. The van der Waals surface area contributed by atoms with Gasteiger partial charge >= 0.3 is 0 Å². The van der Waals surface area contributed by atoms with Crippen LogP contribution in [-0.2, 0) is 19.1 Å². The minimum atomic E-state index is 0.0911. The lowest BCUT2D eigenvalue weighted by atomic mass is 10.1. The molecule has 1 N–H and O–H groups in total. The van der Waals surface area contributed by atoms with Gasteiger partial charge < -0.3 is 14.8 Å². The van der Waals surface area contributed by atoms with E-state index in [2.05, 4.69) is 19.2 Å². The molecule has 0 radical (unpaired) electrons. The second-order valence-corrected chi connectivity index (χ2v) is 6.96. The van der Waals surface area contributed by atoms with Crippen LogP contribution in [0.3, 0.4) is 0 Å². The van der Waals surface area contributed by atoms with Crippen molar-refractivity contribution in [3.8, 4) is 0 Å². The molecule has 0 aromatic heterocycles. The van der Waals surface area contributed by atoms with Crippen molar-refractivity contribution < 1.29 is 19.1 Å². The zero-order valence-electron chi connectivity index (χ0n) is 16.1. The van der Waals surface area contributed by atoms with Crippen LogP contribution in [0.1, 0.15) is 66.2 Å². The van der Waals surface area contributed by atoms with Gasteiger partial charge in [-0.25, -0.2) is 0 Å². The molecule has 24 heavy (non-hydrogen) atoms. The lowest BCUT2D eigenvalue weighted by molar-refractivity contribution is -0.123. The number of nitrogens with one attached hydrogen (secondary N) is 1. The summed E-state index contributed by atoms with van der Waals surface area (Å²) in [4.78, 5) is 22.8. The molecule has 0 unspecified atom stereocenters. The van der Waals surface area contributed by atoms with Gasteiger partial charge in [-0.3, -0.25) is 9.59 Å². The summed E-state index contributed by atoms with van der Waals surface area (Å²) in [7, 11) is 0. The van der Waals surface area contributed by atoms with E-state index in [0.29, 0.717) is 38.6 Å². The number of ketones is 1. The zero-order valence-corrected chi connectivity index (χ0v) is 16.1. The van der Waals surface area contributed by atoms with Crippen molar-refractivity contribution in [2.45, 2.75) is 66.2 Å². The van der Waals surface area contributed by atoms with Gasteiger partial charge in [0.1, 0.15) is 5.78 Å². The Bertz CT molecular complexity index is 329. The Morgan fingerprint density at radius 3 is 2.08 bits per heavy atom. The van der Waals surface area contributed by atoms with Crippen LogP contribution in [0.5, 0.6) is 0 Å². The molecule has 0 saturated heterocycles. The Morgan fingerprint density at radius 2 is 1.46 bits per heavy atom. The maximum Gasteiger partial charge on any atom is 0.220 e. The summed E-state index contributed by atoms with van der Waals surface area (Å²) in [6.45, 7) is 11.1. The van der Waals surface area contributed by atoms with Gasteiger partial charge in [0, 0.05) is 31.9 Å². The van der Waals surface area contributed by atoms with Crippen molar-refractivity contribution in [3.63, 3.8) is 0 Å². The molecule has 142 valence electrons. The standard InChI is InChI=1S/C19H37NO4/c1-16(2)15-19(22)20-10-7-5-6-8-11-23-13-14-24-12-9-18(21)17(3)4/h16-17H,5-15H2,1-4H3,(H,20,22). The molecule has 5 heteroatoms. The molecule has 0 aliphatic rings. The van der Waals surface area contributed by atoms with Crippen molar-refractivity contribution in [1.29, 1.82) is 0 Å². The number of amides is 1. The van der Waals surface area contributed by atoms with Gasteiger partial charge in [-0.1, -0.05) is 40.5 Å². The first-order chi connectivity index (χ1) is 11.4. The zero-order chi connectivity index (χ0) is 18.2. The lowest BCUT2D eigenvalue weighted by Gasteiger charge is -2.08. The predicted molar refractivity (Wildman–Crippen MR) is 97.0 cm³/mol. The number of unbranched alkanes of at least 4 members (excludes halogenated alkanes) is 3. The maximum atomic E-state index is 11.4. The van der Waals surface area contributed by atoms with E-state index in [9.17, 15) is 9.59 Å². The summed E-state index contributed by atoms with van der Waals surface area (Å²) in [6.07, 6.45) is 5.39. The molecule has 0 saturated carbocycles. The smallest absolute Gasteiger partial charge is 0.220 e. The Hall–Kier alpha value is -0.940. The number of hydrogen-bond acceptors (Lipinski definition) is 4. The van der Waals surface area contributed by atoms with Crippen LogP contribution in [0.4, 0.5) is 0 Å². The number of carbonyl (C=O) groups excluding carboxylic acids is 2. The Balaban J connectivity index is 3.18. The summed E-state index contributed by atoms with van der Waals surface area (Å²) in [6, 6.07) is 0. The Labute approximate surface area is 147 Å². The summed E-state index contributed by atoms with van der Waals surface area (Å²) < 4.78 is 10.9. The van der Waals surface area contributed by atoms with Crippen molar-refractivity contribution in [2.24, 2.45) is 11.8 Å². The average Bonchev–Trinajstić information content (AvgIpc) is 2.50. The third-order valence-electron chi connectivity index (χ3n) is 3.64. The van der Waals surface area contributed by atoms with Crippen LogP contribution in [0.2, 0.25) is 0 Å². The third kappa shape index (κ3) is 15.9. The fourth-order valence-corrected chi connectivity index (χ4v) is 2.14. The minimum absolute atomic E-state index is 0.0911. The number of rotatable bonds is 16. The molecule has 0 aliphatic carbocycles. The molecular formula is C19H37NO4. The van der Waals surface area contributed by atoms with E-state index in [1.54, 1.807) is 0 Å². The molecule has 0 atom stereocenters. The average molecular weight is 344 g/mol. The first kappa shape index (κ1) is 23.1. The maximum absolute atomic E-state index is 11.4. The van der Waals surface area contributed by atoms with Crippen LogP contribution in [0, 0.1) is 11.8 Å².